The molecule has 1 aliphatic heterocycles. The zero-order valence-electron chi connectivity index (χ0n) is 14.9. The zero-order valence-corrected chi connectivity index (χ0v) is 14.9. The summed E-state index contributed by atoms with van der Waals surface area (Å²) in [5.74, 6) is -3.42. The number of halogens is 3. The fourth-order valence-corrected chi connectivity index (χ4v) is 2.78. The lowest BCUT2D eigenvalue weighted by Gasteiger charge is -2.22. The van der Waals surface area contributed by atoms with E-state index in [1.165, 1.54) is 0 Å². The standard InChI is InChI=1S/C20H19F3N2O3/c21-20(22,23)19(27)12-17(25-28-19)16-8-4-7-15(11-16)13-24-18(26)10-9-14-5-2-1-3-6-14/h1-8,11,27H,9-10,12-13H2,(H,24,26). The van der Waals surface area contributed by atoms with Crippen LogP contribution in [0, 0.1) is 0 Å². The molecule has 0 aliphatic carbocycles. The Hall–Kier alpha value is -2.87. The molecule has 5 nitrogen and oxygen atoms in total. The van der Waals surface area contributed by atoms with Gasteiger partial charge in [-0.2, -0.15) is 13.2 Å². The normalized spacial score (nSPS) is 19.1. The van der Waals surface area contributed by atoms with Gasteiger partial charge in [-0.25, -0.2) is 0 Å². The van der Waals surface area contributed by atoms with Gasteiger partial charge < -0.3 is 15.3 Å². The summed E-state index contributed by atoms with van der Waals surface area (Å²) in [6.45, 7) is 0.235. The number of hydrogen-bond acceptors (Lipinski definition) is 4. The lowest BCUT2D eigenvalue weighted by atomic mass is 10.0. The first-order valence-corrected chi connectivity index (χ1v) is 8.71. The highest BCUT2D eigenvalue weighted by Gasteiger charge is 2.60. The Morgan fingerprint density at radius 1 is 1.14 bits per heavy atom. The summed E-state index contributed by atoms with van der Waals surface area (Å²) in [6.07, 6.45) is -4.77. The minimum absolute atomic E-state index is 0.00270. The number of alkyl halides is 3. The van der Waals surface area contributed by atoms with E-state index in [1.807, 2.05) is 30.3 Å². The van der Waals surface area contributed by atoms with Crippen LogP contribution in [0.25, 0.3) is 0 Å². The molecule has 148 valence electrons. The van der Waals surface area contributed by atoms with Gasteiger partial charge in [-0.1, -0.05) is 53.7 Å². The molecule has 1 aliphatic rings. The molecule has 1 amide bonds. The van der Waals surface area contributed by atoms with Crippen LogP contribution in [0.15, 0.2) is 59.8 Å². The van der Waals surface area contributed by atoms with Crippen LogP contribution in [0.5, 0.6) is 0 Å². The molecule has 0 bridgehead atoms. The van der Waals surface area contributed by atoms with Crippen molar-refractivity contribution < 1.29 is 27.9 Å². The Morgan fingerprint density at radius 2 is 1.86 bits per heavy atom. The third kappa shape index (κ3) is 4.69. The minimum atomic E-state index is -4.94. The van der Waals surface area contributed by atoms with Crippen LogP contribution >= 0.6 is 0 Å². The van der Waals surface area contributed by atoms with E-state index in [-0.39, 0.29) is 18.2 Å². The van der Waals surface area contributed by atoms with Crippen molar-refractivity contribution in [1.29, 1.82) is 0 Å². The first-order chi connectivity index (χ1) is 13.3. The van der Waals surface area contributed by atoms with Gasteiger partial charge in [0.25, 0.3) is 0 Å². The zero-order chi connectivity index (χ0) is 20.2. The van der Waals surface area contributed by atoms with Gasteiger partial charge in [0, 0.05) is 13.0 Å². The number of amides is 1. The number of carbonyl (C=O) groups excluding carboxylic acids is 1. The van der Waals surface area contributed by atoms with E-state index < -0.39 is 18.4 Å². The Morgan fingerprint density at radius 3 is 2.54 bits per heavy atom. The van der Waals surface area contributed by atoms with Gasteiger partial charge in [-0.15, -0.1) is 0 Å². The van der Waals surface area contributed by atoms with Gasteiger partial charge in [0.2, 0.25) is 5.91 Å². The predicted molar refractivity (Wildman–Crippen MR) is 96.3 cm³/mol. The molecule has 2 aromatic carbocycles. The average molecular weight is 392 g/mol. The lowest BCUT2D eigenvalue weighted by Crippen LogP contribution is -2.45. The van der Waals surface area contributed by atoms with Crippen LogP contribution < -0.4 is 5.32 Å². The monoisotopic (exact) mass is 392 g/mol. The first-order valence-electron chi connectivity index (χ1n) is 8.71. The number of carbonyl (C=O) groups is 1. The minimum Gasteiger partial charge on any atom is -0.352 e. The Labute approximate surface area is 159 Å². The molecule has 8 heteroatoms. The molecule has 0 saturated heterocycles. The van der Waals surface area contributed by atoms with Crippen molar-refractivity contribution >= 4 is 11.6 Å². The maximum Gasteiger partial charge on any atom is 0.458 e. The average Bonchev–Trinajstić information content (AvgIpc) is 3.09. The number of nitrogens with one attached hydrogen (secondary N) is 1. The van der Waals surface area contributed by atoms with Gasteiger partial charge in [0.1, 0.15) is 0 Å². The van der Waals surface area contributed by atoms with Crippen LogP contribution in [-0.4, -0.2) is 28.7 Å². The van der Waals surface area contributed by atoms with Gasteiger partial charge in [-0.3, -0.25) is 4.79 Å². The maximum atomic E-state index is 12.8. The topological polar surface area (TPSA) is 70.9 Å². The van der Waals surface area contributed by atoms with Crippen molar-refractivity contribution in [3.63, 3.8) is 0 Å². The van der Waals surface area contributed by atoms with Crippen LogP contribution in [0.3, 0.4) is 0 Å². The summed E-state index contributed by atoms with van der Waals surface area (Å²) in [4.78, 5) is 16.2. The molecule has 1 unspecified atom stereocenters. The number of benzene rings is 2. The molecular formula is C20H19F3N2O3. The smallest absolute Gasteiger partial charge is 0.352 e. The molecule has 0 aromatic heterocycles. The highest BCUT2D eigenvalue weighted by Crippen LogP contribution is 2.38. The van der Waals surface area contributed by atoms with E-state index in [2.05, 4.69) is 15.3 Å². The quantitative estimate of drug-likeness (QED) is 0.792. The number of nitrogens with zero attached hydrogens (tertiary/aromatic N) is 1. The number of hydrogen-bond donors (Lipinski definition) is 2. The molecule has 0 saturated carbocycles. The van der Waals surface area contributed by atoms with Gasteiger partial charge in [-0.05, 0) is 29.2 Å². The number of rotatable bonds is 6. The Bertz CT molecular complexity index is 868. The molecule has 0 radical (unpaired) electrons. The summed E-state index contributed by atoms with van der Waals surface area (Å²) in [6, 6.07) is 16.2. The third-order valence-corrected chi connectivity index (χ3v) is 4.39. The van der Waals surface area contributed by atoms with E-state index in [0.717, 1.165) is 5.56 Å². The van der Waals surface area contributed by atoms with E-state index in [9.17, 15) is 23.1 Å². The highest BCUT2D eigenvalue weighted by molar-refractivity contribution is 6.01. The number of oxime groups is 1. The van der Waals surface area contributed by atoms with Crippen molar-refractivity contribution in [3.05, 3.63) is 71.3 Å². The van der Waals surface area contributed by atoms with Crippen molar-refractivity contribution in [2.24, 2.45) is 5.16 Å². The maximum absolute atomic E-state index is 12.8. The Balaban J connectivity index is 1.55. The molecule has 1 heterocycles. The Kier molecular flexibility index (Phi) is 5.69. The van der Waals surface area contributed by atoms with E-state index in [0.29, 0.717) is 24.0 Å². The number of aryl methyl sites for hydroxylation is 1. The summed E-state index contributed by atoms with van der Waals surface area (Å²) < 4.78 is 38.5. The molecule has 1 atom stereocenters. The second-order valence-corrected chi connectivity index (χ2v) is 6.55. The molecule has 2 N–H and O–H groups in total. The second kappa shape index (κ2) is 8.02. The summed E-state index contributed by atoms with van der Waals surface area (Å²) >= 11 is 0. The van der Waals surface area contributed by atoms with E-state index in [4.69, 9.17) is 0 Å². The predicted octanol–water partition coefficient (Wildman–Crippen LogP) is 3.31. The summed E-state index contributed by atoms with van der Waals surface area (Å²) in [5.41, 5.74) is 2.17. The van der Waals surface area contributed by atoms with E-state index >= 15 is 0 Å². The fraction of sp³-hybridized carbons (Fsp3) is 0.300. The van der Waals surface area contributed by atoms with Crippen LogP contribution in [0.2, 0.25) is 0 Å². The summed E-state index contributed by atoms with van der Waals surface area (Å²) in [7, 11) is 0. The molecule has 3 rings (SSSR count). The number of aliphatic hydroxyl groups is 1. The van der Waals surface area contributed by atoms with E-state index in [1.54, 1.807) is 24.3 Å². The van der Waals surface area contributed by atoms with Gasteiger partial charge in [0.05, 0.1) is 12.1 Å². The van der Waals surface area contributed by atoms with Crippen molar-refractivity contribution in [3.8, 4) is 0 Å². The molecule has 2 aromatic rings. The van der Waals surface area contributed by atoms with Crippen molar-refractivity contribution in [2.75, 3.05) is 0 Å². The lowest BCUT2D eigenvalue weighted by molar-refractivity contribution is -0.355. The van der Waals surface area contributed by atoms with Crippen LogP contribution in [-0.2, 0) is 22.6 Å². The molecule has 0 spiro atoms. The van der Waals surface area contributed by atoms with Gasteiger partial charge >= 0.3 is 12.0 Å². The highest BCUT2D eigenvalue weighted by atomic mass is 19.4. The summed E-state index contributed by atoms with van der Waals surface area (Å²) in [5, 5.41) is 15.7. The van der Waals surface area contributed by atoms with Crippen molar-refractivity contribution in [1.82, 2.24) is 5.32 Å². The molecular weight excluding hydrogens is 373 g/mol. The second-order valence-electron chi connectivity index (χ2n) is 6.55. The largest absolute Gasteiger partial charge is 0.458 e. The first kappa shape index (κ1) is 19.9. The van der Waals surface area contributed by atoms with Crippen LogP contribution in [0.4, 0.5) is 13.2 Å². The molecule has 0 fully saturated rings. The van der Waals surface area contributed by atoms with Crippen molar-refractivity contribution in [2.45, 2.75) is 37.8 Å². The molecule has 28 heavy (non-hydrogen) atoms. The SMILES string of the molecule is O=C(CCc1ccccc1)NCc1cccc(C2=NOC(O)(C(F)(F)F)C2)c1. The van der Waals surface area contributed by atoms with Crippen LogP contribution in [0.1, 0.15) is 29.5 Å². The van der Waals surface area contributed by atoms with Gasteiger partial charge in [0.15, 0.2) is 0 Å². The third-order valence-electron chi connectivity index (χ3n) is 4.39. The fourth-order valence-electron chi connectivity index (χ4n) is 2.78.